The van der Waals surface area contributed by atoms with Crippen LogP contribution in [0.3, 0.4) is 0 Å². The van der Waals surface area contributed by atoms with Crippen molar-refractivity contribution in [2.24, 2.45) is 0 Å². The summed E-state index contributed by atoms with van der Waals surface area (Å²) in [5.41, 5.74) is 2.83. The first-order valence-corrected chi connectivity index (χ1v) is 9.08. The Morgan fingerprint density at radius 1 is 1.33 bits per heavy atom. The van der Waals surface area contributed by atoms with Crippen LogP contribution in [0, 0.1) is 0 Å². The van der Waals surface area contributed by atoms with Crippen LogP contribution >= 0.6 is 11.8 Å². The molecule has 0 saturated heterocycles. The number of rotatable bonds is 7. The Morgan fingerprint density at radius 2 is 2.14 bits per heavy atom. The van der Waals surface area contributed by atoms with E-state index in [1.807, 2.05) is 0 Å². The minimum absolute atomic E-state index is 0.346. The van der Waals surface area contributed by atoms with Crippen LogP contribution in [-0.2, 0) is 12.8 Å². The summed E-state index contributed by atoms with van der Waals surface area (Å²) in [6.45, 7) is 11.0. The highest BCUT2D eigenvalue weighted by Crippen LogP contribution is 2.27. The Morgan fingerprint density at radius 3 is 2.86 bits per heavy atom. The molecule has 1 atom stereocenters. The molecule has 1 aliphatic rings. The molecule has 0 aliphatic carbocycles. The normalized spacial score (nSPS) is 15.6. The van der Waals surface area contributed by atoms with Crippen LogP contribution in [0.15, 0.2) is 18.2 Å². The Labute approximate surface area is 134 Å². The summed E-state index contributed by atoms with van der Waals surface area (Å²) in [5, 5.41) is 3.63. The van der Waals surface area contributed by atoms with Gasteiger partial charge in [-0.05, 0) is 36.6 Å². The zero-order valence-corrected chi connectivity index (χ0v) is 14.7. The number of thioether (sulfide) groups is 1. The second kappa shape index (κ2) is 7.55. The van der Waals surface area contributed by atoms with Gasteiger partial charge in [0.2, 0.25) is 0 Å². The molecule has 1 aromatic rings. The van der Waals surface area contributed by atoms with Crippen molar-refractivity contribution in [3.63, 3.8) is 0 Å². The van der Waals surface area contributed by atoms with Crippen LogP contribution in [0.2, 0.25) is 0 Å². The van der Waals surface area contributed by atoms with Crippen molar-refractivity contribution >= 4 is 11.8 Å². The van der Waals surface area contributed by atoms with E-state index < -0.39 is 0 Å². The summed E-state index contributed by atoms with van der Waals surface area (Å²) in [6.07, 6.45) is 3.42. The Kier molecular flexibility index (Phi) is 6.00. The first-order chi connectivity index (χ1) is 9.98. The summed E-state index contributed by atoms with van der Waals surface area (Å²) in [4.78, 5) is 0. The van der Waals surface area contributed by atoms with Crippen molar-refractivity contribution < 1.29 is 4.74 Å². The predicted octanol–water partition coefficient (Wildman–Crippen LogP) is 4.06. The van der Waals surface area contributed by atoms with Crippen molar-refractivity contribution in [2.75, 3.05) is 18.9 Å². The van der Waals surface area contributed by atoms with Crippen LogP contribution in [0.25, 0.3) is 0 Å². The van der Waals surface area contributed by atoms with Gasteiger partial charge in [0.15, 0.2) is 0 Å². The van der Waals surface area contributed by atoms with Crippen molar-refractivity contribution in [1.82, 2.24) is 5.32 Å². The third-order valence-electron chi connectivity index (χ3n) is 3.75. The van der Waals surface area contributed by atoms with Crippen LogP contribution < -0.4 is 10.1 Å². The molecule has 3 heteroatoms. The fourth-order valence-corrected chi connectivity index (χ4v) is 3.61. The number of hydrogen-bond donors (Lipinski definition) is 1. The molecule has 0 bridgehead atoms. The molecule has 0 radical (unpaired) electrons. The molecule has 2 nitrogen and oxygen atoms in total. The average Bonchev–Trinajstić information content (AvgIpc) is 2.88. The lowest BCUT2D eigenvalue weighted by atomic mass is 10.0. The maximum absolute atomic E-state index is 5.58. The summed E-state index contributed by atoms with van der Waals surface area (Å²) in [5.74, 6) is 2.27. The van der Waals surface area contributed by atoms with Gasteiger partial charge in [0.25, 0.3) is 0 Å². The largest absolute Gasteiger partial charge is 0.493 e. The van der Waals surface area contributed by atoms with E-state index in [-0.39, 0.29) is 0 Å². The van der Waals surface area contributed by atoms with E-state index >= 15 is 0 Å². The molecule has 118 valence electrons. The Bertz CT molecular complexity index is 453. The summed E-state index contributed by atoms with van der Waals surface area (Å²) < 4.78 is 5.92. The molecule has 1 N–H and O–H groups in total. The molecule has 0 aromatic heterocycles. The molecular formula is C18H29NOS. The topological polar surface area (TPSA) is 21.3 Å². The molecule has 1 aromatic carbocycles. The van der Waals surface area contributed by atoms with Gasteiger partial charge in [0.1, 0.15) is 5.75 Å². The predicted molar refractivity (Wildman–Crippen MR) is 93.6 cm³/mol. The monoisotopic (exact) mass is 307 g/mol. The molecule has 0 amide bonds. The van der Waals surface area contributed by atoms with Gasteiger partial charge in [-0.3, -0.25) is 0 Å². The zero-order chi connectivity index (χ0) is 15.3. The highest BCUT2D eigenvalue weighted by Gasteiger charge is 2.16. The zero-order valence-electron chi connectivity index (χ0n) is 13.9. The van der Waals surface area contributed by atoms with E-state index in [1.165, 1.54) is 23.3 Å². The number of benzene rings is 1. The molecule has 0 saturated carbocycles. The molecule has 21 heavy (non-hydrogen) atoms. The number of ether oxygens (including phenoxy) is 1. The van der Waals surface area contributed by atoms with Gasteiger partial charge in [0.05, 0.1) is 6.61 Å². The van der Waals surface area contributed by atoms with Gasteiger partial charge in [-0.25, -0.2) is 0 Å². The van der Waals surface area contributed by atoms with Crippen molar-refractivity contribution in [2.45, 2.75) is 57.7 Å². The lowest BCUT2D eigenvalue weighted by Crippen LogP contribution is -2.33. The third-order valence-corrected chi connectivity index (χ3v) is 5.18. The third kappa shape index (κ3) is 5.55. The second-order valence-corrected chi connectivity index (χ2v) is 8.60. The number of aryl methyl sites for hydroxylation is 1. The lowest BCUT2D eigenvalue weighted by Gasteiger charge is -2.23. The van der Waals surface area contributed by atoms with Crippen molar-refractivity contribution in [1.29, 1.82) is 0 Å². The van der Waals surface area contributed by atoms with Crippen LogP contribution in [0.4, 0.5) is 0 Å². The minimum atomic E-state index is 0.346. The fourth-order valence-electron chi connectivity index (χ4n) is 2.62. The molecule has 1 aliphatic heterocycles. The van der Waals surface area contributed by atoms with Gasteiger partial charge in [-0.2, -0.15) is 11.8 Å². The second-order valence-electron chi connectivity index (χ2n) is 6.76. The van der Waals surface area contributed by atoms with Crippen molar-refractivity contribution in [3.8, 4) is 5.75 Å². The van der Waals surface area contributed by atoms with Crippen LogP contribution in [0.1, 0.15) is 45.2 Å². The minimum Gasteiger partial charge on any atom is -0.493 e. The molecule has 2 rings (SSSR count). The smallest absolute Gasteiger partial charge is 0.122 e. The molecular weight excluding hydrogens is 278 g/mol. The highest BCUT2D eigenvalue weighted by molar-refractivity contribution is 8.00. The lowest BCUT2D eigenvalue weighted by molar-refractivity contribution is 0.357. The average molecular weight is 308 g/mol. The molecule has 1 heterocycles. The molecule has 1 unspecified atom stereocenters. The fraction of sp³-hybridized carbons (Fsp3) is 0.667. The van der Waals surface area contributed by atoms with Gasteiger partial charge >= 0.3 is 0 Å². The van der Waals surface area contributed by atoms with Gasteiger partial charge in [-0.15, -0.1) is 0 Å². The summed E-state index contributed by atoms with van der Waals surface area (Å²) >= 11 is 2.05. The Hall–Kier alpha value is -0.670. The van der Waals surface area contributed by atoms with Crippen LogP contribution in [0.5, 0.6) is 5.75 Å². The maximum atomic E-state index is 5.58. The number of nitrogens with one attached hydrogen (secondary N) is 1. The van der Waals surface area contributed by atoms with Gasteiger partial charge < -0.3 is 10.1 Å². The SMILES string of the molecule is CCNC(CCc1ccc2c(c1)CCO2)CSC(C)(C)C. The van der Waals surface area contributed by atoms with E-state index in [0.29, 0.717) is 10.8 Å². The van der Waals surface area contributed by atoms with Crippen LogP contribution in [-0.4, -0.2) is 29.7 Å². The first-order valence-electron chi connectivity index (χ1n) is 8.10. The van der Waals surface area contributed by atoms with E-state index in [2.05, 4.69) is 63.0 Å². The quantitative estimate of drug-likeness (QED) is 0.820. The summed E-state index contributed by atoms with van der Waals surface area (Å²) in [7, 11) is 0. The van der Waals surface area contributed by atoms with E-state index in [4.69, 9.17) is 4.74 Å². The maximum Gasteiger partial charge on any atom is 0.122 e. The first kappa shape index (κ1) is 16.7. The highest BCUT2D eigenvalue weighted by atomic mass is 32.2. The van der Waals surface area contributed by atoms with Crippen molar-refractivity contribution in [3.05, 3.63) is 29.3 Å². The van der Waals surface area contributed by atoms with E-state index in [0.717, 1.165) is 31.7 Å². The standard InChI is InChI=1S/C18H29NOS/c1-5-19-16(13-21-18(2,3)4)8-6-14-7-9-17-15(12-14)10-11-20-17/h7,9,12,16,19H,5-6,8,10-11,13H2,1-4H3. The Balaban J connectivity index is 1.86. The van der Waals surface area contributed by atoms with Gasteiger partial charge in [0, 0.05) is 23.0 Å². The molecule has 0 spiro atoms. The number of hydrogen-bond acceptors (Lipinski definition) is 3. The van der Waals surface area contributed by atoms with E-state index in [9.17, 15) is 0 Å². The molecule has 0 fully saturated rings. The number of fused-ring (bicyclic) bond motifs is 1. The summed E-state index contributed by atoms with van der Waals surface area (Å²) in [6, 6.07) is 7.31. The van der Waals surface area contributed by atoms with Gasteiger partial charge in [-0.1, -0.05) is 39.8 Å². The van der Waals surface area contributed by atoms with E-state index in [1.54, 1.807) is 0 Å².